The standard InChI is InChI=1S/C13H12.C12H18.C11H16.6C2H6/c1-3-7-12(8-4-1)11-13-9-5-2-6-10-13;1-7-8(2)10(4)12(6)11(5)9(7)3;1-7-6-8(2)10(4)11(5)9(7)3;6*1-2/h1-10H,11H2;1-6H3;6H,1-5H3;6*1-2H3. The highest BCUT2D eigenvalue weighted by Crippen LogP contribution is 2.24. The van der Waals surface area contributed by atoms with E-state index in [4.69, 9.17) is 0 Å². The van der Waals surface area contributed by atoms with E-state index >= 15 is 0 Å². The van der Waals surface area contributed by atoms with Crippen molar-refractivity contribution < 1.29 is 0 Å². The molecular weight excluding hydrogens is 577 g/mol. The second-order valence-corrected chi connectivity index (χ2v) is 10.3. The lowest BCUT2D eigenvalue weighted by Crippen LogP contribution is -1.98. The first-order valence-corrected chi connectivity index (χ1v) is 19.1. The van der Waals surface area contributed by atoms with Crippen LogP contribution in [0.25, 0.3) is 0 Å². The topological polar surface area (TPSA) is 0 Å². The van der Waals surface area contributed by atoms with Crippen LogP contribution in [-0.2, 0) is 6.42 Å². The lowest BCUT2D eigenvalue weighted by atomic mass is 9.90. The molecule has 0 aliphatic heterocycles. The van der Waals surface area contributed by atoms with Crippen LogP contribution in [-0.4, -0.2) is 0 Å². The van der Waals surface area contributed by atoms with Crippen molar-refractivity contribution >= 4 is 0 Å². The third kappa shape index (κ3) is 20.3. The van der Waals surface area contributed by atoms with Gasteiger partial charge in [0, 0.05) is 0 Å². The normalized spacial score (nSPS) is 8.40. The Morgan fingerprint density at radius 1 is 0.271 bits per heavy atom. The van der Waals surface area contributed by atoms with Crippen LogP contribution < -0.4 is 0 Å². The number of aryl methyl sites for hydroxylation is 2. The molecule has 48 heavy (non-hydrogen) atoms. The van der Waals surface area contributed by atoms with Gasteiger partial charge in [0.1, 0.15) is 0 Å². The highest BCUT2D eigenvalue weighted by Gasteiger charge is 2.07. The van der Waals surface area contributed by atoms with E-state index in [0.29, 0.717) is 0 Å². The minimum Gasteiger partial charge on any atom is -0.0683 e. The summed E-state index contributed by atoms with van der Waals surface area (Å²) < 4.78 is 0. The third-order valence-corrected chi connectivity index (χ3v) is 8.21. The molecule has 4 aromatic rings. The molecule has 0 nitrogen and oxygen atoms in total. The highest BCUT2D eigenvalue weighted by molar-refractivity contribution is 5.48. The molecule has 0 radical (unpaired) electrons. The van der Waals surface area contributed by atoms with Gasteiger partial charge in [-0.2, -0.15) is 0 Å². The fourth-order valence-corrected chi connectivity index (χ4v) is 4.53. The lowest BCUT2D eigenvalue weighted by molar-refractivity contribution is 1.13. The molecule has 274 valence electrons. The average molecular weight is 659 g/mol. The smallest absolute Gasteiger partial charge is 0.00258 e. The predicted octanol–water partition coefficient (Wildman–Crippen LogP) is 16.2. The van der Waals surface area contributed by atoms with E-state index < -0.39 is 0 Å². The van der Waals surface area contributed by atoms with Crippen molar-refractivity contribution in [1.82, 2.24) is 0 Å². The van der Waals surface area contributed by atoms with Crippen molar-refractivity contribution in [3.8, 4) is 0 Å². The molecule has 0 heteroatoms. The predicted molar refractivity (Wildman–Crippen MR) is 229 cm³/mol. The van der Waals surface area contributed by atoms with Crippen LogP contribution in [0.4, 0.5) is 0 Å². The number of hydrogen-bond acceptors (Lipinski definition) is 0. The van der Waals surface area contributed by atoms with Gasteiger partial charge in [0.05, 0.1) is 0 Å². The Hall–Kier alpha value is -3.12. The Labute approximate surface area is 303 Å². The van der Waals surface area contributed by atoms with E-state index in [1.165, 1.54) is 72.3 Å². The summed E-state index contributed by atoms with van der Waals surface area (Å²) in [6.07, 6.45) is 1.03. The Morgan fingerprint density at radius 3 is 0.667 bits per heavy atom. The maximum absolute atomic E-state index is 2.26. The van der Waals surface area contributed by atoms with Crippen molar-refractivity contribution in [1.29, 1.82) is 0 Å². The average Bonchev–Trinajstić information content (AvgIpc) is 3.17. The number of rotatable bonds is 2. The SMILES string of the molecule is CC.CC.CC.CC.CC.CC.Cc1c(C)c(C)c(C)c(C)c1C.Cc1cc(C)c(C)c(C)c1C.c1ccc(Cc2ccccc2)cc1. The van der Waals surface area contributed by atoms with Crippen LogP contribution in [0.1, 0.15) is 155 Å². The van der Waals surface area contributed by atoms with E-state index in [2.05, 4.69) is 143 Å². The molecule has 0 bridgehead atoms. The highest BCUT2D eigenvalue weighted by atomic mass is 14.1. The molecule has 0 spiro atoms. The first-order valence-electron chi connectivity index (χ1n) is 19.1. The largest absolute Gasteiger partial charge is 0.0683 e. The zero-order valence-electron chi connectivity index (χ0n) is 36.6. The van der Waals surface area contributed by atoms with E-state index in [1.807, 2.05) is 83.1 Å². The molecule has 0 heterocycles. The van der Waals surface area contributed by atoms with Crippen LogP contribution in [0.15, 0.2) is 66.7 Å². The molecule has 0 aromatic heterocycles. The molecule has 0 saturated carbocycles. The molecule has 0 amide bonds. The summed E-state index contributed by atoms with van der Waals surface area (Å²) in [6.45, 7) is 48.2. The monoisotopic (exact) mass is 659 g/mol. The summed E-state index contributed by atoms with van der Waals surface area (Å²) in [5, 5.41) is 0. The van der Waals surface area contributed by atoms with Crippen molar-refractivity contribution in [3.05, 3.63) is 139 Å². The summed E-state index contributed by atoms with van der Waals surface area (Å²) in [4.78, 5) is 0. The van der Waals surface area contributed by atoms with Gasteiger partial charge >= 0.3 is 0 Å². The quantitative estimate of drug-likeness (QED) is 0.201. The molecule has 4 rings (SSSR count). The van der Waals surface area contributed by atoms with Gasteiger partial charge in [-0.25, -0.2) is 0 Å². The maximum atomic E-state index is 2.26. The summed E-state index contributed by atoms with van der Waals surface area (Å²) in [7, 11) is 0. The minimum atomic E-state index is 1.03. The molecular formula is C48H82. The van der Waals surface area contributed by atoms with Gasteiger partial charge in [0.2, 0.25) is 0 Å². The van der Waals surface area contributed by atoms with Crippen LogP contribution in [0, 0.1) is 76.2 Å². The van der Waals surface area contributed by atoms with E-state index in [0.717, 1.165) is 6.42 Å². The second kappa shape index (κ2) is 35.2. The molecule has 0 N–H and O–H groups in total. The molecule has 0 atom stereocenters. The molecule has 0 fully saturated rings. The van der Waals surface area contributed by atoms with Crippen molar-refractivity contribution in [3.63, 3.8) is 0 Å². The Balaban J connectivity index is -0.000000166. The first-order chi connectivity index (χ1) is 23.0. The van der Waals surface area contributed by atoms with E-state index in [9.17, 15) is 0 Å². The van der Waals surface area contributed by atoms with Crippen LogP contribution >= 0.6 is 0 Å². The Bertz CT molecular complexity index is 1110. The number of benzene rings is 4. The maximum Gasteiger partial charge on any atom is -0.00258 e. The zero-order valence-corrected chi connectivity index (χ0v) is 36.6. The zero-order chi connectivity index (χ0) is 39.0. The fraction of sp³-hybridized carbons (Fsp3) is 0.500. The van der Waals surface area contributed by atoms with Gasteiger partial charge in [0.25, 0.3) is 0 Å². The molecule has 0 aliphatic rings. The summed E-state index contributed by atoms with van der Waals surface area (Å²) in [5.74, 6) is 0. The van der Waals surface area contributed by atoms with Crippen molar-refractivity contribution in [2.45, 2.75) is 166 Å². The van der Waals surface area contributed by atoms with E-state index in [1.54, 1.807) is 0 Å². The van der Waals surface area contributed by atoms with Gasteiger partial charge in [-0.1, -0.05) is 150 Å². The van der Waals surface area contributed by atoms with Gasteiger partial charge in [0.15, 0.2) is 0 Å². The Morgan fingerprint density at radius 2 is 0.458 bits per heavy atom. The minimum absolute atomic E-state index is 1.03. The fourth-order valence-electron chi connectivity index (χ4n) is 4.53. The van der Waals surface area contributed by atoms with E-state index in [-0.39, 0.29) is 0 Å². The second-order valence-electron chi connectivity index (χ2n) is 10.3. The molecule has 0 unspecified atom stereocenters. The molecule has 0 saturated heterocycles. The summed E-state index contributed by atoms with van der Waals surface area (Å²) in [6, 6.07) is 23.3. The van der Waals surface area contributed by atoms with Crippen LogP contribution in [0.5, 0.6) is 0 Å². The first kappa shape index (κ1) is 54.3. The molecule has 0 aliphatic carbocycles. The molecule has 4 aromatic carbocycles. The third-order valence-electron chi connectivity index (χ3n) is 8.21. The van der Waals surface area contributed by atoms with Gasteiger partial charge in [-0.05, 0) is 155 Å². The van der Waals surface area contributed by atoms with Crippen molar-refractivity contribution in [2.24, 2.45) is 0 Å². The van der Waals surface area contributed by atoms with Crippen LogP contribution in [0.3, 0.4) is 0 Å². The summed E-state index contributed by atoms with van der Waals surface area (Å²) in [5.41, 5.74) is 18.6. The van der Waals surface area contributed by atoms with Gasteiger partial charge < -0.3 is 0 Å². The van der Waals surface area contributed by atoms with Crippen molar-refractivity contribution in [2.75, 3.05) is 0 Å². The van der Waals surface area contributed by atoms with Gasteiger partial charge in [-0.15, -0.1) is 0 Å². The Kier molecular flexibility index (Phi) is 39.8. The van der Waals surface area contributed by atoms with Crippen LogP contribution in [0.2, 0.25) is 0 Å². The lowest BCUT2D eigenvalue weighted by Gasteiger charge is -2.15. The van der Waals surface area contributed by atoms with Gasteiger partial charge in [-0.3, -0.25) is 0 Å². The number of hydrogen-bond donors (Lipinski definition) is 0. The summed E-state index contributed by atoms with van der Waals surface area (Å²) >= 11 is 0.